The van der Waals surface area contributed by atoms with Gasteiger partial charge in [0.05, 0.1) is 0 Å². The zero-order chi connectivity index (χ0) is 24.8. The highest BCUT2D eigenvalue weighted by Gasteiger charge is 2.35. The second-order valence-corrected chi connectivity index (χ2v) is 11.2. The number of nitrogens with one attached hydrogen (secondary N) is 2. The summed E-state index contributed by atoms with van der Waals surface area (Å²) in [6, 6.07) is 14.7. The SMILES string of the molecule is CC1CCN(c2cc(Sc3ncccn3)nc(NC(=S)NCC3(c4ccccc4)CCCC3)n2)CC1. The van der Waals surface area contributed by atoms with Crippen LogP contribution >= 0.6 is 24.0 Å². The Morgan fingerprint density at radius 1 is 1.06 bits per heavy atom. The molecular weight excluding hydrogens is 486 g/mol. The van der Waals surface area contributed by atoms with Crippen LogP contribution in [0.15, 0.2) is 65.0 Å². The fourth-order valence-electron chi connectivity index (χ4n) is 5.16. The highest BCUT2D eigenvalue weighted by molar-refractivity contribution is 7.99. The van der Waals surface area contributed by atoms with Crippen LogP contribution in [0.25, 0.3) is 0 Å². The number of piperidine rings is 1. The topological polar surface area (TPSA) is 78.9 Å². The normalized spacial score (nSPS) is 17.6. The maximum absolute atomic E-state index is 5.71. The number of hydrogen-bond donors (Lipinski definition) is 2. The minimum absolute atomic E-state index is 0.117. The van der Waals surface area contributed by atoms with Crippen LogP contribution in [0.5, 0.6) is 0 Å². The van der Waals surface area contributed by atoms with E-state index in [1.165, 1.54) is 55.9 Å². The van der Waals surface area contributed by atoms with Crippen LogP contribution in [-0.4, -0.2) is 44.7 Å². The number of thiocarbonyl (C=S) groups is 1. The van der Waals surface area contributed by atoms with Crippen LogP contribution in [0.3, 0.4) is 0 Å². The van der Waals surface area contributed by atoms with E-state index in [0.29, 0.717) is 16.2 Å². The molecule has 1 saturated carbocycles. The van der Waals surface area contributed by atoms with E-state index in [0.717, 1.165) is 36.4 Å². The summed E-state index contributed by atoms with van der Waals surface area (Å²) in [4.78, 5) is 20.6. The van der Waals surface area contributed by atoms with Crippen molar-refractivity contribution < 1.29 is 0 Å². The van der Waals surface area contributed by atoms with Crippen molar-refractivity contribution in [2.75, 3.05) is 29.9 Å². The predicted octanol–water partition coefficient (Wildman–Crippen LogP) is 5.45. The molecular formula is C27H33N7S2. The van der Waals surface area contributed by atoms with Gasteiger partial charge in [-0.1, -0.05) is 50.1 Å². The molecule has 0 bridgehead atoms. The van der Waals surface area contributed by atoms with Crippen molar-refractivity contribution in [2.45, 2.75) is 61.0 Å². The zero-order valence-corrected chi connectivity index (χ0v) is 22.3. The molecule has 2 aromatic heterocycles. The van der Waals surface area contributed by atoms with Gasteiger partial charge >= 0.3 is 0 Å². The molecule has 2 fully saturated rings. The predicted molar refractivity (Wildman–Crippen MR) is 150 cm³/mol. The zero-order valence-electron chi connectivity index (χ0n) is 20.7. The third-order valence-corrected chi connectivity index (χ3v) is 8.35. The Balaban J connectivity index is 1.31. The lowest BCUT2D eigenvalue weighted by Gasteiger charge is -2.31. The largest absolute Gasteiger partial charge is 0.361 e. The summed E-state index contributed by atoms with van der Waals surface area (Å²) >= 11 is 7.15. The van der Waals surface area contributed by atoms with Crippen molar-refractivity contribution in [2.24, 2.45) is 5.92 Å². The van der Waals surface area contributed by atoms with Gasteiger partial charge in [-0.05, 0) is 67.2 Å². The molecule has 3 heterocycles. The van der Waals surface area contributed by atoms with Crippen LogP contribution in [0.1, 0.15) is 51.0 Å². The molecule has 2 aliphatic rings. The Bertz CT molecular complexity index is 1150. The molecule has 0 atom stereocenters. The van der Waals surface area contributed by atoms with E-state index < -0.39 is 0 Å². The van der Waals surface area contributed by atoms with Crippen molar-refractivity contribution in [1.82, 2.24) is 25.3 Å². The molecule has 2 N–H and O–H groups in total. The number of rotatable bonds is 7. The highest BCUT2D eigenvalue weighted by atomic mass is 32.2. The highest BCUT2D eigenvalue weighted by Crippen LogP contribution is 2.40. The number of aromatic nitrogens is 4. The lowest BCUT2D eigenvalue weighted by atomic mass is 9.79. The average molecular weight is 520 g/mol. The van der Waals surface area contributed by atoms with Crippen LogP contribution in [-0.2, 0) is 5.41 Å². The number of benzene rings is 1. The monoisotopic (exact) mass is 519 g/mol. The third kappa shape index (κ3) is 6.13. The fourth-order valence-corrected chi connectivity index (χ4v) is 6.03. The molecule has 188 valence electrons. The van der Waals surface area contributed by atoms with Gasteiger partial charge in [0.1, 0.15) is 10.8 Å². The maximum atomic E-state index is 5.71. The minimum Gasteiger partial charge on any atom is -0.361 e. The Kier molecular flexibility index (Phi) is 7.96. The number of anilines is 2. The van der Waals surface area contributed by atoms with Crippen LogP contribution in [0.2, 0.25) is 0 Å². The molecule has 36 heavy (non-hydrogen) atoms. The molecule has 0 amide bonds. The van der Waals surface area contributed by atoms with E-state index in [1.807, 2.05) is 12.1 Å². The standard InChI is InChI=1S/C27H33N7S2/c1-20-10-16-34(17-11-20)22-18-23(36-26-28-14-7-15-29-26)32-24(31-22)33-25(35)30-19-27(12-5-6-13-27)21-8-3-2-4-9-21/h2-4,7-9,14-15,18,20H,5-6,10-13,16-17,19H2,1H3,(H2,30,31,32,33,35). The second-order valence-electron chi connectivity index (χ2n) is 9.85. The second kappa shape index (κ2) is 11.5. The van der Waals surface area contributed by atoms with E-state index >= 15 is 0 Å². The van der Waals surface area contributed by atoms with E-state index in [-0.39, 0.29) is 5.41 Å². The Morgan fingerprint density at radius 3 is 2.50 bits per heavy atom. The van der Waals surface area contributed by atoms with Crippen LogP contribution in [0, 0.1) is 5.92 Å². The average Bonchev–Trinajstić information content (AvgIpc) is 3.39. The lowest BCUT2D eigenvalue weighted by Crippen LogP contribution is -2.41. The van der Waals surface area contributed by atoms with Gasteiger partial charge in [0.15, 0.2) is 10.3 Å². The molecule has 7 nitrogen and oxygen atoms in total. The smallest absolute Gasteiger partial charge is 0.232 e. The molecule has 1 saturated heterocycles. The van der Waals surface area contributed by atoms with E-state index in [1.54, 1.807) is 12.4 Å². The molecule has 0 spiro atoms. The molecule has 0 radical (unpaired) electrons. The molecule has 9 heteroatoms. The van der Waals surface area contributed by atoms with E-state index in [4.69, 9.17) is 22.2 Å². The molecule has 3 aromatic rings. The molecule has 0 unspecified atom stereocenters. The van der Waals surface area contributed by atoms with Gasteiger partial charge in [0.25, 0.3) is 0 Å². The summed E-state index contributed by atoms with van der Waals surface area (Å²) in [7, 11) is 0. The summed E-state index contributed by atoms with van der Waals surface area (Å²) in [6.07, 6.45) is 10.7. The number of nitrogens with zero attached hydrogens (tertiary/aromatic N) is 5. The van der Waals surface area contributed by atoms with Crippen molar-refractivity contribution in [3.05, 3.63) is 60.4 Å². The van der Waals surface area contributed by atoms with Gasteiger partial charge in [-0.25, -0.2) is 15.0 Å². The fraction of sp³-hybridized carbons (Fsp3) is 0.444. The summed E-state index contributed by atoms with van der Waals surface area (Å²) < 4.78 is 0. The molecule has 1 aliphatic carbocycles. The van der Waals surface area contributed by atoms with Crippen LogP contribution in [0.4, 0.5) is 11.8 Å². The Labute approximate surface area is 222 Å². The van der Waals surface area contributed by atoms with Crippen molar-refractivity contribution in [3.8, 4) is 0 Å². The van der Waals surface area contributed by atoms with Gasteiger partial charge < -0.3 is 15.5 Å². The molecule has 5 rings (SSSR count). The summed E-state index contributed by atoms with van der Waals surface area (Å²) in [5.74, 6) is 2.16. The van der Waals surface area contributed by atoms with Gasteiger partial charge in [0, 0.05) is 43.5 Å². The maximum Gasteiger partial charge on any atom is 0.232 e. The van der Waals surface area contributed by atoms with Gasteiger partial charge in [-0.2, -0.15) is 4.98 Å². The van der Waals surface area contributed by atoms with E-state index in [9.17, 15) is 0 Å². The third-order valence-electron chi connectivity index (χ3n) is 7.29. The van der Waals surface area contributed by atoms with Crippen LogP contribution < -0.4 is 15.5 Å². The van der Waals surface area contributed by atoms with Crippen molar-refractivity contribution in [3.63, 3.8) is 0 Å². The lowest BCUT2D eigenvalue weighted by molar-refractivity contribution is 0.435. The first kappa shape index (κ1) is 24.9. The summed E-state index contributed by atoms with van der Waals surface area (Å²) in [5, 5.41) is 8.75. The van der Waals surface area contributed by atoms with Crippen molar-refractivity contribution in [1.29, 1.82) is 0 Å². The number of hydrogen-bond acceptors (Lipinski definition) is 7. The molecule has 1 aliphatic heterocycles. The van der Waals surface area contributed by atoms with Crippen molar-refractivity contribution >= 4 is 40.9 Å². The quantitative estimate of drug-likeness (QED) is 0.241. The Hall–Kier alpha value is -2.78. The first-order valence-electron chi connectivity index (χ1n) is 12.8. The van der Waals surface area contributed by atoms with E-state index in [2.05, 4.69) is 62.8 Å². The summed E-state index contributed by atoms with van der Waals surface area (Å²) in [5.41, 5.74) is 1.50. The first-order chi connectivity index (χ1) is 17.6. The first-order valence-corrected chi connectivity index (χ1v) is 14.0. The molecule has 1 aromatic carbocycles. The summed E-state index contributed by atoms with van der Waals surface area (Å²) in [6.45, 7) is 5.10. The van der Waals surface area contributed by atoms with Gasteiger partial charge in [0.2, 0.25) is 5.95 Å². The van der Waals surface area contributed by atoms with Gasteiger partial charge in [-0.15, -0.1) is 0 Å². The minimum atomic E-state index is 0.117. The Morgan fingerprint density at radius 2 is 1.78 bits per heavy atom. The van der Waals surface area contributed by atoms with Gasteiger partial charge in [-0.3, -0.25) is 0 Å².